The quantitative estimate of drug-likeness (QED) is 0.866. The van der Waals surface area contributed by atoms with Crippen LogP contribution >= 0.6 is 0 Å². The molecule has 0 aromatic heterocycles. The highest BCUT2D eigenvalue weighted by molar-refractivity contribution is 7.89. The van der Waals surface area contributed by atoms with Crippen LogP contribution in [0.25, 0.3) is 0 Å². The molecular formula is C14H18N2O4S. The van der Waals surface area contributed by atoms with E-state index in [9.17, 15) is 13.2 Å². The normalized spacial score (nSPS) is 11.6. The molecule has 0 spiro atoms. The topological polar surface area (TPSA) is 98.5 Å². The second-order valence-electron chi connectivity index (χ2n) is 4.85. The molecule has 0 fully saturated rings. The van der Waals surface area contributed by atoms with Crippen LogP contribution in [0.3, 0.4) is 0 Å². The molecule has 0 saturated heterocycles. The minimum absolute atomic E-state index is 0.0333. The molecule has 0 radical (unpaired) electrons. The maximum absolute atomic E-state index is 12.7. The fourth-order valence-corrected chi connectivity index (χ4v) is 3.95. The molecule has 0 aliphatic rings. The van der Waals surface area contributed by atoms with Crippen LogP contribution in [0, 0.1) is 18.3 Å². The van der Waals surface area contributed by atoms with Gasteiger partial charge in [-0.2, -0.15) is 9.57 Å². The van der Waals surface area contributed by atoms with Crippen LogP contribution in [0.4, 0.5) is 0 Å². The number of carboxylic acid groups (broad SMARTS) is 1. The second-order valence-corrected chi connectivity index (χ2v) is 6.71. The maximum Gasteiger partial charge on any atom is 0.335 e. The Morgan fingerprint density at radius 3 is 2.52 bits per heavy atom. The van der Waals surface area contributed by atoms with E-state index in [1.165, 1.54) is 29.4 Å². The molecule has 0 amide bonds. The van der Waals surface area contributed by atoms with Gasteiger partial charge in [0.25, 0.3) is 0 Å². The summed E-state index contributed by atoms with van der Waals surface area (Å²) in [4.78, 5) is 11.1. The van der Waals surface area contributed by atoms with Gasteiger partial charge in [0.15, 0.2) is 0 Å². The average molecular weight is 310 g/mol. The third-order valence-corrected chi connectivity index (χ3v) is 5.34. The van der Waals surface area contributed by atoms with Gasteiger partial charge in [0, 0.05) is 19.0 Å². The lowest BCUT2D eigenvalue weighted by atomic mass is 10.1. The summed E-state index contributed by atoms with van der Waals surface area (Å²) in [7, 11) is -3.84. The predicted octanol–water partition coefficient (Wildman–Crippen LogP) is 2.01. The molecule has 1 rings (SSSR count). The largest absolute Gasteiger partial charge is 0.478 e. The summed E-state index contributed by atoms with van der Waals surface area (Å²) in [6.45, 7) is 4.98. The van der Waals surface area contributed by atoms with Crippen molar-refractivity contribution in [1.29, 1.82) is 5.26 Å². The van der Waals surface area contributed by atoms with Crippen molar-refractivity contribution in [2.45, 2.75) is 38.1 Å². The Hall–Kier alpha value is -1.91. The summed E-state index contributed by atoms with van der Waals surface area (Å²) in [5.41, 5.74) is 0.160. The van der Waals surface area contributed by atoms with Crippen molar-refractivity contribution >= 4 is 16.0 Å². The number of hydrogen-bond acceptors (Lipinski definition) is 4. The number of rotatable bonds is 6. The molecular weight excluding hydrogens is 292 g/mol. The van der Waals surface area contributed by atoms with Crippen LogP contribution in [-0.2, 0) is 10.0 Å². The van der Waals surface area contributed by atoms with Crippen molar-refractivity contribution in [2.75, 3.05) is 6.54 Å². The summed E-state index contributed by atoms with van der Waals surface area (Å²) in [5, 5.41) is 17.7. The van der Waals surface area contributed by atoms with E-state index in [0.717, 1.165) is 0 Å². The van der Waals surface area contributed by atoms with Crippen LogP contribution in [0.15, 0.2) is 23.1 Å². The van der Waals surface area contributed by atoms with Gasteiger partial charge < -0.3 is 5.11 Å². The summed E-state index contributed by atoms with van der Waals surface area (Å²) in [6, 6.07) is 5.76. The molecule has 1 N–H and O–H groups in total. The van der Waals surface area contributed by atoms with E-state index >= 15 is 0 Å². The molecule has 7 heteroatoms. The molecule has 0 atom stereocenters. The van der Waals surface area contributed by atoms with E-state index in [-0.39, 0.29) is 35.0 Å². The van der Waals surface area contributed by atoms with E-state index < -0.39 is 16.0 Å². The van der Waals surface area contributed by atoms with Crippen molar-refractivity contribution < 1.29 is 18.3 Å². The van der Waals surface area contributed by atoms with Gasteiger partial charge in [-0.05, 0) is 38.5 Å². The molecule has 0 unspecified atom stereocenters. The number of nitriles is 1. The summed E-state index contributed by atoms with van der Waals surface area (Å²) < 4.78 is 26.6. The van der Waals surface area contributed by atoms with Crippen molar-refractivity contribution in [2.24, 2.45) is 0 Å². The lowest BCUT2D eigenvalue weighted by Gasteiger charge is -2.26. The van der Waals surface area contributed by atoms with Crippen LogP contribution in [-0.4, -0.2) is 36.4 Å². The zero-order valence-corrected chi connectivity index (χ0v) is 13.0. The first-order valence-corrected chi connectivity index (χ1v) is 7.89. The van der Waals surface area contributed by atoms with E-state index in [2.05, 4.69) is 0 Å². The Kier molecular flexibility index (Phi) is 5.47. The van der Waals surface area contributed by atoms with E-state index in [0.29, 0.717) is 0 Å². The van der Waals surface area contributed by atoms with Crippen molar-refractivity contribution in [3.05, 3.63) is 29.3 Å². The predicted molar refractivity (Wildman–Crippen MR) is 77.4 cm³/mol. The van der Waals surface area contributed by atoms with E-state index in [4.69, 9.17) is 10.4 Å². The van der Waals surface area contributed by atoms with Crippen molar-refractivity contribution in [3.63, 3.8) is 0 Å². The molecule has 6 nitrogen and oxygen atoms in total. The van der Waals surface area contributed by atoms with Crippen LogP contribution in [0.1, 0.15) is 36.2 Å². The van der Waals surface area contributed by atoms with Gasteiger partial charge in [0.05, 0.1) is 16.5 Å². The fourth-order valence-electron chi connectivity index (χ4n) is 2.07. The monoisotopic (exact) mass is 310 g/mol. The fraction of sp³-hybridized carbons (Fsp3) is 0.429. The minimum atomic E-state index is -3.84. The molecule has 1 aromatic rings. The highest BCUT2D eigenvalue weighted by Gasteiger charge is 2.29. The zero-order chi connectivity index (χ0) is 16.2. The molecule has 114 valence electrons. The number of hydrogen-bond donors (Lipinski definition) is 1. The van der Waals surface area contributed by atoms with Crippen LogP contribution < -0.4 is 0 Å². The number of aromatic carboxylic acids is 1. The van der Waals surface area contributed by atoms with Gasteiger partial charge in [-0.25, -0.2) is 13.2 Å². The van der Waals surface area contributed by atoms with Gasteiger partial charge in [0.2, 0.25) is 10.0 Å². The molecule has 0 saturated carbocycles. The Bertz CT molecular complexity index is 675. The van der Waals surface area contributed by atoms with E-state index in [1.54, 1.807) is 13.8 Å². The van der Waals surface area contributed by atoms with Crippen LogP contribution in [0.2, 0.25) is 0 Å². The lowest BCUT2D eigenvalue weighted by Crippen LogP contribution is -2.38. The molecule has 0 heterocycles. The standard InChI is InChI=1S/C14H18N2O4S/c1-10(2)16(9-5-8-15)21(19,20)13-7-4-6-12(11(13)3)14(17)18/h4,6-7,10H,5,9H2,1-3H3,(H,17,18). The highest BCUT2D eigenvalue weighted by Crippen LogP contribution is 2.24. The average Bonchev–Trinajstić information content (AvgIpc) is 2.38. The van der Waals surface area contributed by atoms with Gasteiger partial charge in [-0.15, -0.1) is 0 Å². The smallest absolute Gasteiger partial charge is 0.335 e. The van der Waals surface area contributed by atoms with E-state index in [1.807, 2.05) is 6.07 Å². The SMILES string of the molecule is Cc1c(C(=O)O)cccc1S(=O)(=O)N(CCC#N)C(C)C. The Morgan fingerprint density at radius 2 is 2.05 bits per heavy atom. The molecule has 1 aromatic carbocycles. The van der Waals surface area contributed by atoms with Gasteiger partial charge in [0.1, 0.15) is 0 Å². The summed E-state index contributed by atoms with van der Waals surface area (Å²) in [6.07, 6.45) is 0.0785. The number of benzene rings is 1. The third kappa shape index (κ3) is 3.60. The zero-order valence-electron chi connectivity index (χ0n) is 12.2. The minimum Gasteiger partial charge on any atom is -0.478 e. The molecule has 0 aliphatic carbocycles. The van der Waals surface area contributed by atoms with Crippen molar-refractivity contribution in [3.8, 4) is 6.07 Å². The summed E-state index contributed by atoms with van der Waals surface area (Å²) in [5.74, 6) is -1.17. The summed E-state index contributed by atoms with van der Waals surface area (Å²) >= 11 is 0. The Labute approximate surface area is 124 Å². The second kappa shape index (κ2) is 6.70. The van der Waals surface area contributed by atoms with Crippen LogP contribution in [0.5, 0.6) is 0 Å². The van der Waals surface area contributed by atoms with Gasteiger partial charge in [-0.3, -0.25) is 0 Å². The van der Waals surface area contributed by atoms with Gasteiger partial charge >= 0.3 is 5.97 Å². The number of nitrogens with zero attached hydrogens (tertiary/aromatic N) is 2. The Morgan fingerprint density at radius 1 is 1.43 bits per heavy atom. The Balaban J connectivity index is 3.39. The number of carbonyl (C=O) groups is 1. The first kappa shape index (κ1) is 17.1. The molecule has 21 heavy (non-hydrogen) atoms. The molecule has 0 bridgehead atoms. The highest BCUT2D eigenvalue weighted by atomic mass is 32.2. The number of sulfonamides is 1. The van der Waals surface area contributed by atoms with Gasteiger partial charge in [-0.1, -0.05) is 6.07 Å². The number of carboxylic acids is 1. The first-order chi connectivity index (χ1) is 9.73. The first-order valence-electron chi connectivity index (χ1n) is 6.45. The van der Waals surface area contributed by atoms with Crippen molar-refractivity contribution in [1.82, 2.24) is 4.31 Å². The maximum atomic E-state index is 12.7. The third-order valence-electron chi connectivity index (χ3n) is 3.12. The molecule has 0 aliphatic heterocycles. The lowest BCUT2D eigenvalue weighted by molar-refractivity contribution is 0.0696.